The molecule has 2 aromatic rings. The highest BCUT2D eigenvalue weighted by Gasteiger charge is 2.18. The minimum Gasteiger partial charge on any atom is -0.207 e. The van der Waals surface area contributed by atoms with E-state index in [1.54, 1.807) is 49.4 Å². The maximum absolute atomic E-state index is 12.3. The number of halogens is 2. The van der Waals surface area contributed by atoms with Crippen LogP contribution < -0.4 is 4.72 Å². The molecule has 0 heterocycles. The fraction of sp³-hybridized carbons (Fsp3) is 0.200. The molecule has 6 heteroatoms. The quantitative estimate of drug-likeness (QED) is 0.897. The maximum atomic E-state index is 12.3. The van der Waals surface area contributed by atoms with Crippen LogP contribution in [0.4, 0.5) is 0 Å². The zero-order valence-electron chi connectivity index (χ0n) is 11.6. The second-order valence-corrected chi connectivity index (χ2v) is 7.36. The number of rotatable bonds is 4. The summed E-state index contributed by atoms with van der Waals surface area (Å²) in [5.74, 6) is 0. The predicted molar refractivity (Wildman–Crippen MR) is 86.4 cm³/mol. The van der Waals surface area contributed by atoms with Crippen LogP contribution >= 0.6 is 23.2 Å². The molecule has 0 saturated carbocycles. The minimum atomic E-state index is -3.57. The summed E-state index contributed by atoms with van der Waals surface area (Å²) in [6.07, 6.45) is 0. The Kier molecular flexibility index (Phi) is 4.94. The molecule has 2 aromatic carbocycles. The molecule has 1 unspecified atom stereocenters. The van der Waals surface area contributed by atoms with Crippen LogP contribution in [-0.2, 0) is 10.0 Å². The van der Waals surface area contributed by atoms with Crippen molar-refractivity contribution in [3.8, 4) is 0 Å². The molecule has 0 aliphatic heterocycles. The van der Waals surface area contributed by atoms with Gasteiger partial charge in [-0.25, -0.2) is 13.1 Å². The van der Waals surface area contributed by atoms with E-state index in [4.69, 9.17) is 23.2 Å². The lowest BCUT2D eigenvalue weighted by Crippen LogP contribution is -2.26. The van der Waals surface area contributed by atoms with E-state index in [2.05, 4.69) is 4.72 Å². The molecule has 21 heavy (non-hydrogen) atoms. The Morgan fingerprint density at radius 3 is 2.19 bits per heavy atom. The number of hydrogen-bond donors (Lipinski definition) is 1. The van der Waals surface area contributed by atoms with Crippen LogP contribution in [0.2, 0.25) is 10.0 Å². The molecule has 1 N–H and O–H groups in total. The molecule has 0 saturated heterocycles. The summed E-state index contributed by atoms with van der Waals surface area (Å²) in [6.45, 7) is 3.66. The van der Waals surface area contributed by atoms with E-state index in [-0.39, 0.29) is 4.90 Å². The number of sulfonamides is 1. The van der Waals surface area contributed by atoms with Crippen LogP contribution in [-0.4, -0.2) is 8.42 Å². The largest absolute Gasteiger partial charge is 0.241 e. The first-order chi connectivity index (χ1) is 9.79. The average Bonchev–Trinajstić information content (AvgIpc) is 2.41. The molecule has 3 nitrogen and oxygen atoms in total. The summed E-state index contributed by atoms with van der Waals surface area (Å²) in [7, 11) is -3.57. The van der Waals surface area contributed by atoms with Gasteiger partial charge < -0.3 is 0 Å². The van der Waals surface area contributed by atoms with Crippen molar-refractivity contribution in [3.63, 3.8) is 0 Å². The van der Waals surface area contributed by atoms with Crippen LogP contribution in [0.5, 0.6) is 0 Å². The van der Waals surface area contributed by atoms with E-state index < -0.39 is 16.1 Å². The van der Waals surface area contributed by atoms with Gasteiger partial charge in [-0.15, -0.1) is 0 Å². The Balaban J connectivity index is 2.23. The normalized spacial score (nSPS) is 13.1. The summed E-state index contributed by atoms with van der Waals surface area (Å²) in [6, 6.07) is 11.3. The molecule has 1 atom stereocenters. The van der Waals surface area contributed by atoms with Crippen molar-refractivity contribution in [1.29, 1.82) is 0 Å². The molecule has 0 bridgehead atoms. The van der Waals surface area contributed by atoms with E-state index in [1.165, 1.54) is 0 Å². The standard InChI is InChI=1S/C15H15Cl2NO2S/c1-10-3-6-13(7-4-10)21(19,20)18-11(2)12-5-8-14(16)15(17)9-12/h3-9,11,18H,1-2H3. The topological polar surface area (TPSA) is 46.2 Å². The maximum Gasteiger partial charge on any atom is 0.241 e. The van der Waals surface area contributed by atoms with Crippen LogP contribution in [0, 0.1) is 6.92 Å². The van der Waals surface area contributed by atoms with Gasteiger partial charge in [0.1, 0.15) is 0 Å². The predicted octanol–water partition coefficient (Wildman–Crippen LogP) is 4.34. The Bertz CT molecular complexity index is 743. The number of aryl methyl sites for hydroxylation is 1. The molecule has 0 spiro atoms. The van der Waals surface area contributed by atoms with Gasteiger partial charge in [0.05, 0.1) is 14.9 Å². The lowest BCUT2D eigenvalue weighted by molar-refractivity contribution is 0.567. The van der Waals surface area contributed by atoms with Crippen molar-refractivity contribution in [2.75, 3.05) is 0 Å². The van der Waals surface area contributed by atoms with Crippen LogP contribution in [0.3, 0.4) is 0 Å². The van der Waals surface area contributed by atoms with Gasteiger partial charge in [-0.1, -0.05) is 47.0 Å². The third kappa shape index (κ3) is 3.98. The van der Waals surface area contributed by atoms with Gasteiger partial charge in [-0.05, 0) is 43.7 Å². The summed E-state index contributed by atoms with van der Waals surface area (Å²) >= 11 is 11.8. The van der Waals surface area contributed by atoms with E-state index in [1.807, 2.05) is 6.92 Å². The van der Waals surface area contributed by atoms with Gasteiger partial charge in [-0.2, -0.15) is 0 Å². The lowest BCUT2D eigenvalue weighted by atomic mass is 10.1. The first-order valence-corrected chi connectivity index (χ1v) is 8.57. The number of benzene rings is 2. The number of hydrogen-bond acceptors (Lipinski definition) is 2. The zero-order valence-corrected chi connectivity index (χ0v) is 13.9. The number of nitrogens with one attached hydrogen (secondary N) is 1. The van der Waals surface area contributed by atoms with Crippen LogP contribution in [0.25, 0.3) is 0 Å². The summed E-state index contributed by atoms with van der Waals surface area (Å²) in [5, 5.41) is 0.838. The first kappa shape index (κ1) is 16.3. The van der Waals surface area contributed by atoms with Gasteiger partial charge in [-0.3, -0.25) is 0 Å². The molecule has 0 fully saturated rings. The van der Waals surface area contributed by atoms with E-state index in [0.29, 0.717) is 10.0 Å². The second-order valence-electron chi connectivity index (χ2n) is 4.83. The molecular formula is C15H15Cl2NO2S. The van der Waals surface area contributed by atoms with E-state index >= 15 is 0 Å². The summed E-state index contributed by atoms with van der Waals surface area (Å²) in [4.78, 5) is 0.236. The molecule has 0 aliphatic rings. The molecule has 0 amide bonds. The highest BCUT2D eigenvalue weighted by Crippen LogP contribution is 2.26. The van der Waals surface area contributed by atoms with Crippen molar-refractivity contribution in [1.82, 2.24) is 4.72 Å². The third-order valence-electron chi connectivity index (χ3n) is 3.11. The van der Waals surface area contributed by atoms with Crippen molar-refractivity contribution in [3.05, 3.63) is 63.6 Å². The summed E-state index contributed by atoms with van der Waals surface area (Å²) < 4.78 is 27.2. The van der Waals surface area contributed by atoms with E-state index in [9.17, 15) is 8.42 Å². The smallest absolute Gasteiger partial charge is 0.207 e. The zero-order chi connectivity index (χ0) is 15.6. The van der Waals surface area contributed by atoms with Crippen LogP contribution in [0.15, 0.2) is 47.4 Å². The SMILES string of the molecule is Cc1ccc(S(=O)(=O)NC(C)c2ccc(Cl)c(Cl)c2)cc1. The van der Waals surface area contributed by atoms with Crippen LogP contribution in [0.1, 0.15) is 24.1 Å². The van der Waals surface area contributed by atoms with Crippen molar-refractivity contribution < 1.29 is 8.42 Å². The summed E-state index contributed by atoms with van der Waals surface area (Å²) in [5.41, 5.74) is 1.76. The Morgan fingerprint density at radius 2 is 1.62 bits per heavy atom. The van der Waals surface area contributed by atoms with Crippen molar-refractivity contribution in [2.24, 2.45) is 0 Å². The molecule has 112 valence electrons. The molecule has 0 radical (unpaired) electrons. The molecule has 0 aromatic heterocycles. The monoisotopic (exact) mass is 343 g/mol. The lowest BCUT2D eigenvalue weighted by Gasteiger charge is -2.15. The fourth-order valence-electron chi connectivity index (χ4n) is 1.87. The van der Waals surface area contributed by atoms with Gasteiger partial charge in [0.15, 0.2) is 0 Å². The minimum absolute atomic E-state index is 0.236. The Morgan fingerprint density at radius 1 is 1.00 bits per heavy atom. The van der Waals surface area contributed by atoms with Crippen molar-refractivity contribution >= 4 is 33.2 Å². The molecule has 2 rings (SSSR count). The van der Waals surface area contributed by atoms with Crippen molar-refractivity contribution in [2.45, 2.75) is 24.8 Å². The highest BCUT2D eigenvalue weighted by molar-refractivity contribution is 7.89. The second kappa shape index (κ2) is 6.36. The molecule has 0 aliphatic carbocycles. The highest BCUT2D eigenvalue weighted by atomic mass is 35.5. The van der Waals surface area contributed by atoms with Gasteiger partial charge >= 0.3 is 0 Å². The van der Waals surface area contributed by atoms with Gasteiger partial charge in [0, 0.05) is 6.04 Å². The third-order valence-corrected chi connectivity index (χ3v) is 5.40. The Labute approximate surface area is 135 Å². The fourth-order valence-corrected chi connectivity index (χ4v) is 3.41. The molecular weight excluding hydrogens is 329 g/mol. The van der Waals surface area contributed by atoms with Gasteiger partial charge in [0.2, 0.25) is 10.0 Å². The average molecular weight is 344 g/mol. The Hall–Kier alpha value is -1.07. The first-order valence-electron chi connectivity index (χ1n) is 6.33. The van der Waals surface area contributed by atoms with Gasteiger partial charge in [0.25, 0.3) is 0 Å². The van der Waals surface area contributed by atoms with E-state index in [0.717, 1.165) is 11.1 Å².